The molecule has 1 saturated heterocycles. The fourth-order valence-corrected chi connectivity index (χ4v) is 2.50. The number of rotatable bonds is 8. The highest BCUT2D eigenvalue weighted by atomic mass is 16.2. The molecule has 1 heterocycles. The lowest BCUT2D eigenvalue weighted by molar-refractivity contribution is -0.130. The minimum Gasteiger partial charge on any atom is -0.352 e. The average molecular weight is 312 g/mol. The van der Waals surface area contributed by atoms with Crippen molar-refractivity contribution in [3.05, 3.63) is 0 Å². The minimum absolute atomic E-state index is 0.0249. The predicted molar refractivity (Wildman–Crippen MR) is 84.0 cm³/mol. The third-order valence-corrected chi connectivity index (χ3v) is 3.64. The van der Waals surface area contributed by atoms with Gasteiger partial charge in [-0.05, 0) is 32.6 Å². The van der Waals surface area contributed by atoms with Crippen LogP contribution >= 0.6 is 0 Å². The van der Waals surface area contributed by atoms with Gasteiger partial charge >= 0.3 is 6.03 Å². The molecule has 1 rings (SSSR count). The number of nitrogens with zero attached hydrogens (tertiary/aromatic N) is 1. The molecule has 1 fully saturated rings. The van der Waals surface area contributed by atoms with Crippen LogP contribution in [0.2, 0.25) is 0 Å². The molecule has 0 aromatic heterocycles. The zero-order valence-corrected chi connectivity index (χ0v) is 13.9. The number of imide groups is 1. The van der Waals surface area contributed by atoms with Crippen LogP contribution in [0.25, 0.3) is 0 Å². The van der Waals surface area contributed by atoms with Crippen molar-refractivity contribution in [2.24, 2.45) is 11.7 Å². The fourth-order valence-electron chi connectivity index (χ4n) is 2.50. The Bertz CT molecular complexity index is 435. The molecule has 0 bridgehead atoms. The largest absolute Gasteiger partial charge is 0.352 e. The minimum atomic E-state index is -0.860. The predicted octanol–water partition coefficient (Wildman–Crippen LogP) is 0.587. The Morgan fingerprint density at radius 1 is 1.36 bits per heavy atom. The first-order valence-corrected chi connectivity index (χ1v) is 7.81. The van der Waals surface area contributed by atoms with E-state index in [1.807, 2.05) is 0 Å². The Labute approximate surface area is 132 Å². The Morgan fingerprint density at radius 3 is 2.45 bits per heavy atom. The quantitative estimate of drug-likeness (QED) is 0.570. The van der Waals surface area contributed by atoms with Crippen molar-refractivity contribution < 1.29 is 14.4 Å². The summed E-state index contributed by atoms with van der Waals surface area (Å²) in [6.45, 7) is 8.14. The first-order chi connectivity index (χ1) is 10.2. The van der Waals surface area contributed by atoms with Gasteiger partial charge in [0.05, 0.1) is 0 Å². The maximum absolute atomic E-state index is 12.0. The van der Waals surface area contributed by atoms with Crippen LogP contribution in [0, 0.1) is 5.92 Å². The molecular formula is C15H28N4O3. The van der Waals surface area contributed by atoms with Crippen molar-refractivity contribution in [3.63, 3.8) is 0 Å². The first-order valence-electron chi connectivity index (χ1n) is 7.81. The van der Waals surface area contributed by atoms with Gasteiger partial charge in [0, 0.05) is 25.6 Å². The Hall–Kier alpha value is -1.63. The maximum atomic E-state index is 12.0. The van der Waals surface area contributed by atoms with Gasteiger partial charge in [0.1, 0.15) is 5.54 Å². The molecule has 7 heteroatoms. The maximum Gasteiger partial charge on any atom is 0.325 e. The van der Waals surface area contributed by atoms with Crippen molar-refractivity contribution >= 4 is 17.8 Å². The van der Waals surface area contributed by atoms with E-state index in [1.54, 1.807) is 13.8 Å². The third kappa shape index (κ3) is 4.98. The molecule has 0 aromatic carbocycles. The highest BCUT2D eigenvalue weighted by Crippen LogP contribution is 2.17. The summed E-state index contributed by atoms with van der Waals surface area (Å²) in [6, 6.07) is -0.418. The van der Waals surface area contributed by atoms with Crippen LogP contribution in [0.15, 0.2) is 0 Å². The lowest BCUT2D eigenvalue weighted by Crippen LogP contribution is -2.41. The third-order valence-electron chi connectivity index (χ3n) is 3.64. The van der Waals surface area contributed by atoms with Gasteiger partial charge in [-0.3, -0.25) is 14.5 Å². The Morgan fingerprint density at radius 2 is 2.00 bits per heavy atom. The van der Waals surface area contributed by atoms with Crippen molar-refractivity contribution in [3.8, 4) is 0 Å². The van der Waals surface area contributed by atoms with E-state index in [2.05, 4.69) is 24.5 Å². The lowest BCUT2D eigenvalue weighted by atomic mass is 10.0. The molecule has 0 spiro atoms. The van der Waals surface area contributed by atoms with Gasteiger partial charge in [-0.15, -0.1) is 0 Å². The Kier molecular flexibility index (Phi) is 6.34. The van der Waals surface area contributed by atoms with Gasteiger partial charge in [0.25, 0.3) is 5.91 Å². The van der Waals surface area contributed by atoms with Crippen LogP contribution in [0.5, 0.6) is 0 Å². The molecule has 1 atom stereocenters. The monoisotopic (exact) mass is 312 g/mol. The van der Waals surface area contributed by atoms with Gasteiger partial charge in [-0.2, -0.15) is 0 Å². The van der Waals surface area contributed by atoms with Crippen molar-refractivity contribution in [1.82, 2.24) is 15.5 Å². The summed E-state index contributed by atoms with van der Waals surface area (Å²) < 4.78 is 0. The van der Waals surface area contributed by atoms with Crippen LogP contribution < -0.4 is 16.4 Å². The summed E-state index contributed by atoms with van der Waals surface area (Å²) in [5.41, 5.74) is 4.78. The number of hydrogen-bond donors (Lipinski definition) is 3. The number of hydrogen-bond acceptors (Lipinski definition) is 4. The molecule has 22 heavy (non-hydrogen) atoms. The normalized spacial score (nSPS) is 18.5. The molecule has 1 unspecified atom stereocenters. The molecular weight excluding hydrogens is 284 g/mol. The number of urea groups is 1. The topological polar surface area (TPSA) is 105 Å². The van der Waals surface area contributed by atoms with Gasteiger partial charge in [0.2, 0.25) is 5.91 Å². The van der Waals surface area contributed by atoms with E-state index < -0.39 is 11.6 Å². The molecule has 4 amide bonds. The van der Waals surface area contributed by atoms with Gasteiger partial charge in [-0.1, -0.05) is 13.8 Å². The molecule has 0 aromatic rings. The van der Waals surface area contributed by atoms with Gasteiger partial charge < -0.3 is 16.4 Å². The molecule has 126 valence electrons. The number of carbonyl (C=O) groups excluding carboxylic acids is 3. The van der Waals surface area contributed by atoms with Crippen LogP contribution in [0.3, 0.4) is 0 Å². The molecule has 0 radical (unpaired) electrons. The number of nitrogens with one attached hydrogen (secondary N) is 2. The zero-order chi connectivity index (χ0) is 16.9. The highest BCUT2D eigenvalue weighted by Gasteiger charge is 2.43. The van der Waals surface area contributed by atoms with E-state index in [0.717, 1.165) is 6.42 Å². The zero-order valence-electron chi connectivity index (χ0n) is 13.9. The van der Waals surface area contributed by atoms with Crippen molar-refractivity contribution in [2.75, 3.05) is 13.1 Å². The molecule has 7 nitrogen and oxygen atoms in total. The van der Waals surface area contributed by atoms with Gasteiger partial charge in [-0.25, -0.2) is 4.79 Å². The van der Waals surface area contributed by atoms with Gasteiger partial charge in [0.15, 0.2) is 0 Å². The summed E-state index contributed by atoms with van der Waals surface area (Å²) in [4.78, 5) is 36.7. The van der Waals surface area contributed by atoms with E-state index in [1.165, 1.54) is 4.90 Å². The van der Waals surface area contributed by atoms with Crippen LogP contribution in [-0.4, -0.2) is 47.4 Å². The second-order valence-electron chi connectivity index (χ2n) is 6.75. The SMILES string of the molecule is CC(C)CC(CN)NC(=O)CCCN1C(=O)NC(C)(C)C1=O. The van der Waals surface area contributed by atoms with Crippen LogP contribution in [0.1, 0.15) is 47.0 Å². The number of amides is 4. The summed E-state index contributed by atoms with van der Waals surface area (Å²) in [6.07, 6.45) is 1.55. The Balaban J connectivity index is 2.36. The second kappa shape index (κ2) is 7.58. The smallest absolute Gasteiger partial charge is 0.325 e. The molecule has 1 aliphatic rings. The molecule has 1 aliphatic heterocycles. The standard InChI is InChI=1S/C15H28N4O3/c1-10(2)8-11(9-16)17-12(20)6-5-7-19-13(21)15(3,4)18-14(19)22/h10-11H,5-9,16H2,1-4H3,(H,17,20)(H,18,22). The summed E-state index contributed by atoms with van der Waals surface area (Å²) in [5, 5.41) is 5.51. The fraction of sp³-hybridized carbons (Fsp3) is 0.800. The van der Waals surface area contributed by atoms with Crippen molar-refractivity contribution in [1.29, 1.82) is 0 Å². The van der Waals surface area contributed by atoms with E-state index >= 15 is 0 Å². The number of nitrogens with two attached hydrogens (primary N) is 1. The second-order valence-corrected chi connectivity index (χ2v) is 6.75. The van der Waals surface area contributed by atoms with E-state index in [4.69, 9.17) is 5.73 Å². The van der Waals surface area contributed by atoms with E-state index in [0.29, 0.717) is 18.9 Å². The average Bonchev–Trinajstić information content (AvgIpc) is 2.59. The summed E-state index contributed by atoms with van der Waals surface area (Å²) in [5.74, 6) is 0.113. The summed E-state index contributed by atoms with van der Waals surface area (Å²) >= 11 is 0. The van der Waals surface area contributed by atoms with Crippen LogP contribution in [0.4, 0.5) is 4.79 Å². The lowest BCUT2D eigenvalue weighted by Gasteiger charge is -2.19. The first kappa shape index (κ1) is 18.4. The molecule has 0 saturated carbocycles. The van der Waals surface area contributed by atoms with E-state index in [9.17, 15) is 14.4 Å². The molecule has 4 N–H and O–H groups in total. The summed E-state index contributed by atoms with van der Waals surface area (Å²) in [7, 11) is 0. The highest BCUT2D eigenvalue weighted by molar-refractivity contribution is 6.06. The van der Waals surface area contributed by atoms with E-state index in [-0.39, 0.29) is 30.8 Å². The molecule has 0 aliphatic carbocycles. The number of carbonyl (C=O) groups is 3. The van der Waals surface area contributed by atoms with Crippen LogP contribution in [-0.2, 0) is 9.59 Å². The van der Waals surface area contributed by atoms with Crippen molar-refractivity contribution in [2.45, 2.75) is 58.5 Å².